The summed E-state index contributed by atoms with van der Waals surface area (Å²) in [7, 11) is 0. The first-order valence-electron chi connectivity index (χ1n) is 10.5. The van der Waals surface area contributed by atoms with Gasteiger partial charge in [0.25, 0.3) is 0 Å². The Bertz CT molecular complexity index is 599. The molecule has 1 atom stereocenters. The molecule has 28 heavy (non-hydrogen) atoms. The molecule has 0 amide bonds. The summed E-state index contributed by atoms with van der Waals surface area (Å²) in [6.45, 7) is 10.2. The predicted molar refractivity (Wildman–Crippen MR) is 112 cm³/mol. The molecule has 2 fully saturated rings. The van der Waals surface area contributed by atoms with Crippen molar-refractivity contribution in [2.24, 2.45) is 4.99 Å². The molecule has 3 rings (SSSR count). The van der Waals surface area contributed by atoms with Crippen LogP contribution in [0.1, 0.15) is 25.3 Å². The largest absolute Gasteiger partial charge is 0.379 e. The quantitative estimate of drug-likeness (QED) is 0.381. The van der Waals surface area contributed by atoms with Gasteiger partial charge in [-0.2, -0.15) is 0 Å². The maximum Gasteiger partial charge on any atom is 0.191 e. The van der Waals surface area contributed by atoms with Crippen LogP contribution in [0.4, 0.5) is 5.69 Å². The van der Waals surface area contributed by atoms with E-state index in [9.17, 15) is 0 Å². The van der Waals surface area contributed by atoms with Crippen LogP contribution >= 0.6 is 0 Å². The molecule has 7 nitrogen and oxygen atoms in total. The number of nitrogens with zero attached hydrogens (tertiary/aromatic N) is 2. The maximum absolute atomic E-state index is 5.82. The standard InChI is InChI=1S/C21H34N4O3/c1-2-22-21(23-9-5-12-28-19-8-13-27-17-19)24-16-18-6-3-4-7-20(18)25-10-14-26-15-11-25/h3-4,6-7,19H,2,5,8-17H2,1H3,(H2,22,23,24). The third-order valence-corrected chi connectivity index (χ3v) is 4.95. The van der Waals surface area contributed by atoms with Crippen LogP contribution in [0, 0.1) is 0 Å². The first-order chi connectivity index (χ1) is 13.9. The molecule has 0 spiro atoms. The maximum atomic E-state index is 5.82. The molecule has 2 aliphatic rings. The smallest absolute Gasteiger partial charge is 0.191 e. The number of aliphatic imine (C=N–C) groups is 1. The van der Waals surface area contributed by atoms with Crippen LogP contribution in [0.3, 0.4) is 0 Å². The Balaban J connectivity index is 1.48. The minimum absolute atomic E-state index is 0.276. The monoisotopic (exact) mass is 390 g/mol. The van der Waals surface area contributed by atoms with Gasteiger partial charge in [0.05, 0.1) is 32.5 Å². The Morgan fingerprint density at radius 3 is 2.82 bits per heavy atom. The Kier molecular flexibility index (Phi) is 8.87. The number of ether oxygens (including phenoxy) is 3. The minimum Gasteiger partial charge on any atom is -0.379 e. The molecule has 0 bridgehead atoms. The number of nitrogens with one attached hydrogen (secondary N) is 2. The summed E-state index contributed by atoms with van der Waals surface area (Å²) in [5.41, 5.74) is 2.50. The van der Waals surface area contributed by atoms with Crippen molar-refractivity contribution in [1.29, 1.82) is 0 Å². The second-order valence-electron chi connectivity index (χ2n) is 7.06. The van der Waals surface area contributed by atoms with Crippen molar-refractivity contribution >= 4 is 11.6 Å². The van der Waals surface area contributed by atoms with Gasteiger partial charge >= 0.3 is 0 Å². The van der Waals surface area contributed by atoms with Gasteiger partial charge in [-0.05, 0) is 31.4 Å². The SMILES string of the molecule is CCNC(=NCc1ccccc1N1CCOCC1)NCCCOC1CCOC1. The molecule has 0 saturated carbocycles. The topological polar surface area (TPSA) is 67.4 Å². The Labute approximate surface area is 168 Å². The highest BCUT2D eigenvalue weighted by Crippen LogP contribution is 2.22. The highest BCUT2D eigenvalue weighted by Gasteiger charge is 2.16. The Morgan fingerprint density at radius 1 is 1.18 bits per heavy atom. The zero-order valence-electron chi connectivity index (χ0n) is 17.0. The van der Waals surface area contributed by atoms with Crippen LogP contribution in [0.25, 0.3) is 0 Å². The molecule has 1 aromatic carbocycles. The summed E-state index contributed by atoms with van der Waals surface area (Å²) in [6, 6.07) is 8.52. The van der Waals surface area contributed by atoms with Crippen LogP contribution in [-0.4, -0.2) is 71.3 Å². The molecular weight excluding hydrogens is 356 g/mol. The predicted octanol–water partition coefficient (Wildman–Crippen LogP) is 1.77. The second-order valence-corrected chi connectivity index (χ2v) is 7.06. The second kappa shape index (κ2) is 11.9. The molecule has 156 valence electrons. The van der Waals surface area contributed by atoms with Gasteiger partial charge in [-0.25, -0.2) is 4.99 Å². The van der Waals surface area contributed by atoms with E-state index in [4.69, 9.17) is 19.2 Å². The summed E-state index contributed by atoms with van der Waals surface area (Å²) < 4.78 is 16.6. The molecular formula is C21H34N4O3. The fourth-order valence-electron chi connectivity index (χ4n) is 3.44. The van der Waals surface area contributed by atoms with Crippen molar-refractivity contribution in [2.75, 3.05) is 64.1 Å². The molecule has 0 radical (unpaired) electrons. The number of rotatable bonds is 9. The van der Waals surface area contributed by atoms with Crippen molar-refractivity contribution < 1.29 is 14.2 Å². The fraction of sp³-hybridized carbons (Fsp3) is 0.667. The van der Waals surface area contributed by atoms with Gasteiger partial charge in [0.1, 0.15) is 0 Å². The number of guanidine groups is 1. The van der Waals surface area contributed by atoms with Crippen molar-refractivity contribution in [1.82, 2.24) is 10.6 Å². The summed E-state index contributed by atoms with van der Waals surface area (Å²) >= 11 is 0. The normalized spacial score (nSPS) is 20.4. The molecule has 2 heterocycles. The fourth-order valence-corrected chi connectivity index (χ4v) is 3.44. The third kappa shape index (κ3) is 6.65. The number of para-hydroxylation sites is 1. The van der Waals surface area contributed by atoms with Crippen LogP contribution < -0.4 is 15.5 Å². The van der Waals surface area contributed by atoms with E-state index >= 15 is 0 Å². The lowest BCUT2D eigenvalue weighted by Gasteiger charge is -2.30. The van der Waals surface area contributed by atoms with E-state index in [1.807, 2.05) is 0 Å². The van der Waals surface area contributed by atoms with Gasteiger partial charge in [-0.15, -0.1) is 0 Å². The lowest BCUT2D eigenvalue weighted by molar-refractivity contribution is 0.0420. The van der Waals surface area contributed by atoms with Crippen molar-refractivity contribution in [2.45, 2.75) is 32.4 Å². The minimum atomic E-state index is 0.276. The third-order valence-electron chi connectivity index (χ3n) is 4.95. The first-order valence-corrected chi connectivity index (χ1v) is 10.5. The number of morpholine rings is 1. The molecule has 2 saturated heterocycles. The Hall–Kier alpha value is -1.83. The molecule has 2 aliphatic heterocycles. The van der Waals surface area contributed by atoms with Gasteiger partial charge in [-0.3, -0.25) is 0 Å². The van der Waals surface area contributed by atoms with E-state index in [0.29, 0.717) is 6.54 Å². The van der Waals surface area contributed by atoms with E-state index in [0.717, 1.165) is 78.0 Å². The average molecular weight is 391 g/mol. The molecule has 2 N–H and O–H groups in total. The first kappa shape index (κ1) is 20.9. The van der Waals surface area contributed by atoms with Crippen LogP contribution in [0.15, 0.2) is 29.3 Å². The van der Waals surface area contributed by atoms with E-state index in [2.05, 4.69) is 46.7 Å². The zero-order valence-corrected chi connectivity index (χ0v) is 17.0. The van der Waals surface area contributed by atoms with Crippen LogP contribution in [0.2, 0.25) is 0 Å². The summed E-state index contributed by atoms with van der Waals surface area (Å²) in [5.74, 6) is 0.850. The number of hydrogen-bond acceptors (Lipinski definition) is 5. The highest BCUT2D eigenvalue weighted by molar-refractivity contribution is 5.79. The summed E-state index contributed by atoms with van der Waals surface area (Å²) in [6.07, 6.45) is 2.24. The van der Waals surface area contributed by atoms with E-state index in [1.165, 1.54) is 11.3 Å². The van der Waals surface area contributed by atoms with Crippen LogP contribution in [-0.2, 0) is 20.8 Å². The lowest BCUT2D eigenvalue weighted by atomic mass is 10.1. The zero-order chi connectivity index (χ0) is 19.4. The number of benzene rings is 1. The van der Waals surface area contributed by atoms with Gasteiger partial charge in [0, 0.05) is 45.1 Å². The summed E-state index contributed by atoms with van der Waals surface area (Å²) in [5, 5.41) is 6.74. The molecule has 0 aromatic heterocycles. The molecule has 1 unspecified atom stereocenters. The van der Waals surface area contributed by atoms with Gasteiger partial charge in [0.2, 0.25) is 0 Å². The van der Waals surface area contributed by atoms with E-state index in [-0.39, 0.29) is 6.10 Å². The highest BCUT2D eigenvalue weighted by atomic mass is 16.5. The number of hydrogen-bond donors (Lipinski definition) is 2. The van der Waals surface area contributed by atoms with Crippen molar-refractivity contribution in [3.63, 3.8) is 0 Å². The van der Waals surface area contributed by atoms with Crippen molar-refractivity contribution in [3.05, 3.63) is 29.8 Å². The lowest BCUT2D eigenvalue weighted by Crippen LogP contribution is -2.38. The molecule has 7 heteroatoms. The summed E-state index contributed by atoms with van der Waals surface area (Å²) in [4.78, 5) is 7.18. The van der Waals surface area contributed by atoms with E-state index < -0.39 is 0 Å². The van der Waals surface area contributed by atoms with Crippen molar-refractivity contribution in [3.8, 4) is 0 Å². The molecule has 1 aromatic rings. The van der Waals surface area contributed by atoms with Gasteiger partial charge in [0.15, 0.2) is 5.96 Å². The van der Waals surface area contributed by atoms with E-state index in [1.54, 1.807) is 0 Å². The average Bonchev–Trinajstić information content (AvgIpc) is 3.26. The molecule has 0 aliphatic carbocycles. The van der Waals surface area contributed by atoms with Gasteiger partial charge < -0.3 is 29.7 Å². The van der Waals surface area contributed by atoms with Gasteiger partial charge in [-0.1, -0.05) is 18.2 Å². The van der Waals surface area contributed by atoms with Crippen LogP contribution in [0.5, 0.6) is 0 Å². The Morgan fingerprint density at radius 2 is 2.04 bits per heavy atom. The number of anilines is 1.